The van der Waals surface area contributed by atoms with Crippen LogP contribution in [0.5, 0.6) is 5.75 Å². The van der Waals surface area contributed by atoms with Gasteiger partial charge in [-0.15, -0.1) is 15.3 Å². The molecular weight excluding hydrogens is 308 g/mol. The van der Waals surface area contributed by atoms with Crippen molar-refractivity contribution in [2.45, 2.75) is 0 Å². The number of hydrogen-bond donors (Lipinski definition) is 0. The average Bonchev–Trinajstić information content (AvgIpc) is 2.64. The average molecular weight is 320 g/mol. The molecule has 0 N–H and O–H groups in total. The van der Waals surface area contributed by atoms with Gasteiger partial charge in [-0.3, -0.25) is 9.59 Å². The van der Waals surface area contributed by atoms with Crippen LogP contribution in [0.15, 0.2) is 80.8 Å². The zero-order chi connectivity index (χ0) is 16.9. The van der Waals surface area contributed by atoms with Crippen LogP contribution in [-0.2, 0) is 9.59 Å². The zero-order valence-corrected chi connectivity index (χ0v) is 12.7. The molecule has 0 saturated heterocycles. The first-order valence-corrected chi connectivity index (χ1v) is 7.05. The first-order chi connectivity index (χ1) is 11.7. The van der Waals surface area contributed by atoms with E-state index in [2.05, 4.69) is 20.5 Å². The molecule has 0 fully saturated rings. The first-order valence-electron chi connectivity index (χ1n) is 7.05. The molecule has 0 atom stereocenters. The number of methoxy groups -OCH3 is 1. The predicted octanol–water partition coefficient (Wildman–Crippen LogP) is 3.71. The molecule has 118 valence electrons. The van der Waals surface area contributed by atoms with E-state index >= 15 is 0 Å². The van der Waals surface area contributed by atoms with Gasteiger partial charge in [0.25, 0.3) is 5.78 Å². The van der Waals surface area contributed by atoms with Gasteiger partial charge < -0.3 is 4.74 Å². The molecule has 1 aliphatic heterocycles. The van der Waals surface area contributed by atoms with Crippen molar-refractivity contribution in [1.29, 1.82) is 0 Å². The summed E-state index contributed by atoms with van der Waals surface area (Å²) < 4.78 is 5.09. The van der Waals surface area contributed by atoms with Gasteiger partial charge in [-0.05, 0) is 36.4 Å². The zero-order valence-electron chi connectivity index (χ0n) is 12.7. The highest BCUT2D eigenvalue weighted by Gasteiger charge is 2.28. The minimum Gasteiger partial charge on any atom is -0.497 e. The maximum absolute atomic E-state index is 12.1. The van der Waals surface area contributed by atoms with Crippen LogP contribution in [0.25, 0.3) is 5.70 Å². The second kappa shape index (κ2) is 6.74. The van der Waals surface area contributed by atoms with Gasteiger partial charge in [-0.25, -0.2) is 0 Å². The molecule has 0 aliphatic carbocycles. The summed E-state index contributed by atoms with van der Waals surface area (Å²) in [7, 11) is 1.55. The number of carbonyl (C=O) groups is 2. The molecule has 0 aromatic heterocycles. The van der Waals surface area contributed by atoms with Crippen molar-refractivity contribution >= 4 is 23.1 Å². The Morgan fingerprint density at radius 1 is 0.875 bits per heavy atom. The van der Waals surface area contributed by atoms with Crippen LogP contribution < -0.4 is 4.74 Å². The number of carbonyl (C=O) groups excluding carboxylic acids is 2. The maximum Gasteiger partial charge on any atom is 0.338 e. The number of Topliss-reactive ketones (excluding diaryl/α,β-unsaturated/α-hetero) is 1. The first kappa shape index (κ1) is 15.4. The lowest BCUT2D eigenvalue weighted by molar-refractivity contribution is -0.134. The molecule has 1 heterocycles. The fraction of sp³-hybridized carbons (Fsp3) is 0.0588. The van der Waals surface area contributed by atoms with Gasteiger partial charge in [0.1, 0.15) is 11.4 Å². The number of ketones is 1. The standard InChI is InChI=1S/C17H12N4O3/c1-24-13-9-7-11(8-10-13)14-15(16(22)17(23)21-19-14)20-18-12-5-3-2-4-6-12/h2-10H,1H3. The Labute approximate surface area is 137 Å². The summed E-state index contributed by atoms with van der Waals surface area (Å²) in [6.45, 7) is 0. The minimum atomic E-state index is -0.964. The monoisotopic (exact) mass is 320 g/mol. The molecule has 2 aromatic carbocycles. The summed E-state index contributed by atoms with van der Waals surface area (Å²) in [5.41, 5.74) is 1.20. The molecule has 1 amide bonds. The molecule has 0 bridgehead atoms. The SMILES string of the molecule is COc1ccc(C2=C(N=Nc3ccccc3)C(=O)C(=O)N=N2)cc1. The normalized spacial score (nSPS) is 14.5. The molecule has 0 spiro atoms. The summed E-state index contributed by atoms with van der Waals surface area (Å²) in [5, 5.41) is 15.1. The fourth-order valence-electron chi connectivity index (χ4n) is 2.04. The van der Waals surface area contributed by atoms with Gasteiger partial charge in [-0.1, -0.05) is 18.2 Å². The van der Waals surface area contributed by atoms with E-state index in [9.17, 15) is 9.59 Å². The molecular formula is C17H12N4O3. The molecule has 3 rings (SSSR count). The van der Waals surface area contributed by atoms with Crippen molar-refractivity contribution in [2.75, 3.05) is 7.11 Å². The molecule has 0 saturated carbocycles. The van der Waals surface area contributed by atoms with Gasteiger partial charge in [0, 0.05) is 5.56 Å². The fourth-order valence-corrected chi connectivity index (χ4v) is 2.04. The van der Waals surface area contributed by atoms with E-state index in [0.717, 1.165) is 0 Å². The highest BCUT2D eigenvalue weighted by molar-refractivity contribution is 6.44. The summed E-state index contributed by atoms with van der Waals surface area (Å²) >= 11 is 0. The Bertz CT molecular complexity index is 868. The van der Waals surface area contributed by atoms with Crippen LogP contribution in [0.4, 0.5) is 5.69 Å². The molecule has 0 radical (unpaired) electrons. The van der Waals surface area contributed by atoms with Gasteiger partial charge in [-0.2, -0.15) is 5.11 Å². The van der Waals surface area contributed by atoms with Crippen LogP contribution in [0.2, 0.25) is 0 Å². The predicted molar refractivity (Wildman–Crippen MR) is 85.7 cm³/mol. The number of nitrogens with zero attached hydrogens (tertiary/aromatic N) is 4. The number of amides is 1. The topological polar surface area (TPSA) is 92.8 Å². The van der Waals surface area contributed by atoms with E-state index in [4.69, 9.17) is 4.74 Å². The number of ether oxygens (including phenoxy) is 1. The minimum absolute atomic E-state index is 0.135. The quantitative estimate of drug-likeness (QED) is 0.635. The third kappa shape index (κ3) is 3.14. The van der Waals surface area contributed by atoms with Gasteiger partial charge >= 0.3 is 5.91 Å². The van der Waals surface area contributed by atoms with Crippen LogP contribution in [0.1, 0.15) is 5.56 Å². The van der Waals surface area contributed by atoms with Crippen molar-refractivity contribution in [1.82, 2.24) is 0 Å². The van der Waals surface area contributed by atoms with Gasteiger partial charge in [0.05, 0.1) is 12.8 Å². The number of hydrogen-bond acceptors (Lipinski definition) is 6. The Kier molecular flexibility index (Phi) is 4.33. The lowest BCUT2D eigenvalue weighted by Gasteiger charge is -2.09. The van der Waals surface area contributed by atoms with E-state index in [-0.39, 0.29) is 11.4 Å². The maximum atomic E-state index is 12.1. The van der Waals surface area contributed by atoms with Crippen LogP contribution in [0, 0.1) is 0 Å². The molecule has 7 heteroatoms. The van der Waals surface area contributed by atoms with E-state index in [0.29, 0.717) is 17.0 Å². The van der Waals surface area contributed by atoms with Crippen molar-refractivity contribution in [3.8, 4) is 5.75 Å². The lowest BCUT2D eigenvalue weighted by atomic mass is 10.1. The van der Waals surface area contributed by atoms with Crippen molar-refractivity contribution < 1.29 is 14.3 Å². The van der Waals surface area contributed by atoms with Gasteiger partial charge in [0.15, 0.2) is 5.70 Å². The summed E-state index contributed by atoms with van der Waals surface area (Å²) in [4.78, 5) is 23.6. The summed E-state index contributed by atoms with van der Waals surface area (Å²) in [5.74, 6) is -1.15. The summed E-state index contributed by atoms with van der Waals surface area (Å²) in [6.07, 6.45) is 0. The molecule has 0 unspecified atom stereocenters. The van der Waals surface area contributed by atoms with E-state index in [1.807, 2.05) is 6.07 Å². The Hall–Kier alpha value is -3.48. The van der Waals surface area contributed by atoms with Crippen LogP contribution in [-0.4, -0.2) is 18.8 Å². The Morgan fingerprint density at radius 2 is 1.58 bits per heavy atom. The second-order valence-corrected chi connectivity index (χ2v) is 4.80. The van der Waals surface area contributed by atoms with Crippen LogP contribution >= 0.6 is 0 Å². The lowest BCUT2D eigenvalue weighted by Crippen LogP contribution is -2.16. The van der Waals surface area contributed by atoms with Crippen molar-refractivity contribution in [2.24, 2.45) is 20.5 Å². The van der Waals surface area contributed by atoms with E-state index in [1.54, 1.807) is 55.6 Å². The third-order valence-corrected chi connectivity index (χ3v) is 3.26. The highest BCUT2D eigenvalue weighted by atomic mass is 16.5. The number of benzene rings is 2. The summed E-state index contributed by atoms with van der Waals surface area (Å²) in [6, 6.07) is 15.7. The smallest absolute Gasteiger partial charge is 0.338 e. The molecule has 1 aliphatic rings. The molecule has 2 aromatic rings. The number of azo groups is 2. The molecule has 7 nitrogen and oxygen atoms in total. The van der Waals surface area contributed by atoms with Crippen molar-refractivity contribution in [3.63, 3.8) is 0 Å². The third-order valence-electron chi connectivity index (χ3n) is 3.26. The van der Waals surface area contributed by atoms with Gasteiger partial charge in [0.2, 0.25) is 0 Å². The largest absolute Gasteiger partial charge is 0.497 e. The Morgan fingerprint density at radius 3 is 2.25 bits per heavy atom. The van der Waals surface area contributed by atoms with E-state index in [1.165, 1.54) is 0 Å². The number of rotatable bonds is 4. The molecule has 24 heavy (non-hydrogen) atoms. The van der Waals surface area contributed by atoms with Crippen molar-refractivity contribution in [3.05, 3.63) is 65.9 Å². The van der Waals surface area contributed by atoms with Crippen LogP contribution in [0.3, 0.4) is 0 Å². The van der Waals surface area contributed by atoms with E-state index < -0.39 is 11.7 Å². The highest BCUT2D eigenvalue weighted by Crippen LogP contribution is 2.28. The second-order valence-electron chi connectivity index (χ2n) is 4.80. The Balaban J connectivity index is 2.04.